The van der Waals surface area contributed by atoms with E-state index in [-0.39, 0.29) is 0 Å². The van der Waals surface area contributed by atoms with Gasteiger partial charge in [0.15, 0.2) is 6.10 Å². The Morgan fingerprint density at radius 2 is 1.79 bits per heavy atom. The summed E-state index contributed by atoms with van der Waals surface area (Å²) in [5, 5.41) is 8.81. The second-order valence-corrected chi connectivity index (χ2v) is 3.01. The van der Waals surface area contributed by atoms with Gasteiger partial charge in [-0.15, -0.1) is 0 Å². The van der Waals surface area contributed by atoms with Crippen LogP contribution in [0.1, 0.15) is 17.2 Å². The summed E-state index contributed by atoms with van der Waals surface area (Å²) < 4.78 is 48.8. The molecule has 0 saturated carbocycles. The van der Waals surface area contributed by atoms with Gasteiger partial charge in [-0.05, 0) is 30.2 Å². The summed E-state index contributed by atoms with van der Waals surface area (Å²) in [6.45, 7) is 1.45. The third-order valence-electron chi connectivity index (χ3n) is 1.69. The van der Waals surface area contributed by atoms with Gasteiger partial charge in [-0.1, -0.05) is 6.07 Å². The fourth-order valence-electron chi connectivity index (χ4n) is 1.11. The molecular formula is C9H8F4O. The highest BCUT2D eigenvalue weighted by Gasteiger charge is 2.39. The molecule has 78 valence electrons. The first kappa shape index (κ1) is 11.0. The monoisotopic (exact) mass is 208 g/mol. The molecule has 1 rings (SSSR count). The number of rotatable bonds is 1. The number of hydrogen-bond donors (Lipinski definition) is 1. The zero-order valence-electron chi connectivity index (χ0n) is 7.27. The maximum Gasteiger partial charge on any atom is 0.418 e. The van der Waals surface area contributed by atoms with Crippen LogP contribution in [0, 0.1) is 12.7 Å². The Balaban J connectivity index is 3.07. The standard InChI is InChI=1S/C9H8F4O/c1-5-2-6(4-7(10)3-5)8(14)9(11,12)13/h2-4,8,14H,1H3/t8-/m0/s1. The van der Waals surface area contributed by atoms with E-state index in [0.717, 1.165) is 12.1 Å². The van der Waals surface area contributed by atoms with Crippen LogP contribution in [0.15, 0.2) is 18.2 Å². The van der Waals surface area contributed by atoms with Crippen molar-refractivity contribution >= 4 is 0 Å². The summed E-state index contributed by atoms with van der Waals surface area (Å²) in [7, 11) is 0. The molecular weight excluding hydrogens is 200 g/mol. The molecule has 0 radical (unpaired) electrons. The van der Waals surface area contributed by atoms with Crippen molar-refractivity contribution in [3.05, 3.63) is 35.1 Å². The number of benzene rings is 1. The molecule has 0 aliphatic rings. The minimum Gasteiger partial charge on any atom is -0.379 e. The van der Waals surface area contributed by atoms with Crippen LogP contribution < -0.4 is 0 Å². The number of aliphatic hydroxyl groups excluding tert-OH is 1. The Labute approximate surface area is 78.0 Å². The van der Waals surface area contributed by atoms with Gasteiger partial charge in [0.05, 0.1) is 0 Å². The van der Waals surface area contributed by atoms with Crippen LogP contribution in [0.5, 0.6) is 0 Å². The second kappa shape index (κ2) is 3.57. The minimum absolute atomic E-state index is 0.336. The molecule has 0 bridgehead atoms. The van der Waals surface area contributed by atoms with Crippen molar-refractivity contribution in [1.82, 2.24) is 0 Å². The number of hydrogen-bond acceptors (Lipinski definition) is 1. The topological polar surface area (TPSA) is 20.2 Å². The highest BCUT2D eigenvalue weighted by Crippen LogP contribution is 2.32. The van der Waals surface area contributed by atoms with Crippen molar-refractivity contribution < 1.29 is 22.7 Å². The van der Waals surface area contributed by atoms with Crippen LogP contribution in [-0.2, 0) is 0 Å². The number of alkyl halides is 3. The van der Waals surface area contributed by atoms with E-state index in [1.165, 1.54) is 6.92 Å². The summed E-state index contributed by atoms with van der Waals surface area (Å²) in [6, 6.07) is 2.86. The lowest BCUT2D eigenvalue weighted by molar-refractivity contribution is -0.206. The third kappa shape index (κ3) is 2.45. The molecule has 1 aromatic carbocycles. The molecule has 1 aromatic rings. The molecule has 0 aliphatic carbocycles. The number of halogens is 4. The largest absolute Gasteiger partial charge is 0.418 e. The summed E-state index contributed by atoms with van der Waals surface area (Å²) in [4.78, 5) is 0. The molecule has 14 heavy (non-hydrogen) atoms. The van der Waals surface area contributed by atoms with Crippen LogP contribution in [0.3, 0.4) is 0 Å². The highest BCUT2D eigenvalue weighted by molar-refractivity contribution is 5.26. The van der Waals surface area contributed by atoms with E-state index in [0.29, 0.717) is 11.6 Å². The third-order valence-corrected chi connectivity index (χ3v) is 1.69. The van der Waals surface area contributed by atoms with E-state index in [4.69, 9.17) is 5.11 Å². The highest BCUT2D eigenvalue weighted by atomic mass is 19.4. The van der Waals surface area contributed by atoms with Crippen molar-refractivity contribution in [2.24, 2.45) is 0 Å². The average molecular weight is 208 g/mol. The van der Waals surface area contributed by atoms with Crippen molar-refractivity contribution in [3.63, 3.8) is 0 Å². The fourth-order valence-corrected chi connectivity index (χ4v) is 1.11. The Morgan fingerprint density at radius 3 is 2.21 bits per heavy atom. The molecule has 0 fully saturated rings. The van der Waals surface area contributed by atoms with Gasteiger partial charge >= 0.3 is 6.18 Å². The number of aliphatic hydroxyl groups is 1. The maximum absolute atomic E-state index is 12.7. The predicted molar refractivity (Wildman–Crippen MR) is 42.2 cm³/mol. The van der Waals surface area contributed by atoms with Crippen LogP contribution in [0.4, 0.5) is 17.6 Å². The van der Waals surface area contributed by atoms with Crippen LogP contribution in [-0.4, -0.2) is 11.3 Å². The molecule has 0 heterocycles. The zero-order chi connectivity index (χ0) is 10.9. The molecule has 0 saturated heterocycles. The SMILES string of the molecule is Cc1cc(F)cc([C@H](O)C(F)(F)F)c1. The van der Waals surface area contributed by atoms with Crippen LogP contribution >= 0.6 is 0 Å². The Bertz CT molecular complexity index is 312. The van der Waals surface area contributed by atoms with Crippen molar-refractivity contribution in [3.8, 4) is 0 Å². The fraction of sp³-hybridized carbons (Fsp3) is 0.333. The van der Waals surface area contributed by atoms with E-state index >= 15 is 0 Å². The molecule has 0 amide bonds. The zero-order valence-corrected chi connectivity index (χ0v) is 7.27. The van der Waals surface area contributed by atoms with Gasteiger partial charge in [-0.3, -0.25) is 0 Å². The van der Waals surface area contributed by atoms with Gasteiger partial charge in [0.2, 0.25) is 0 Å². The summed E-state index contributed by atoms with van der Waals surface area (Å²) >= 11 is 0. The summed E-state index contributed by atoms with van der Waals surface area (Å²) in [5.74, 6) is -0.789. The van der Waals surface area contributed by atoms with Gasteiger partial charge in [0.1, 0.15) is 5.82 Å². The van der Waals surface area contributed by atoms with Crippen molar-refractivity contribution in [2.45, 2.75) is 19.2 Å². The molecule has 5 heteroatoms. The predicted octanol–water partition coefficient (Wildman–Crippen LogP) is 2.73. The van der Waals surface area contributed by atoms with Crippen LogP contribution in [0.2, 0.25) is 0 Å². The van der Waals surface area contributed by atoms with Gasteiger partial charge in [-0.25, -0.2) is 4.39 Å². The second-order valence-electron chi connectivity index (χ2n) is 3.01. The summed E-state index contributed by atoms with van der Waals surface area (Å²) in [5.41, 5.74) is -0.140. The molecule has 1 nitrogen and oxygen atoms in total. The van der Waals surface area contributed by atoms with Crippen molar-refractivity contribution in [1.29, 1.82) is 0 Å². The Kier molecular flexibility index (Phi) is 2.80. The van der Waals surface area contributed by atoms with E-state index in [1.807, 2.05) is 0 Å². The summed E-state index contributed by atoms with van der Waals surface area (Å²) in [6.07, 6.45) is -7.39. The van der Waals surface area contributed by atoms with E-state index in [9.17, 15) is 17.6 Å². The van der Waals surface area contributed by atoms with Gasteiger partial charge in [-0.2, -0.15) is 13.2 Å². The quantitative estimate of drug-likeness (QED) is 0.703. The molecule has 1 N–H and O–H groups in total. The normalized spacial score (nSPS) is 14.1. The van der Waals surface area contributed by atoms with Gasteiger partial charge in [0, 0.05) is 0 Å². The lowest BCUT2D eigenvalue weighted by atomic mass is 10.1. The average Bonchev–Trinajstić information content (AvgIpc) is 1.99. The van der Waals surface area contributed by atoms with Gasteiger partial charge in [0.25, 0.3) is 0 Å². The maximum atomic E-state index is 12.7. The van der Waals surface area contributed by atoms with Gasteiger partial charge < -0.3 is 5.11 Å². The first-order valence-electron chi connectivity index (χ1n) is 3.82. The first-order chi connectivity index (χ1) is 6.30. The first-order valence-corrected chi connectivity index (χ1v) is 3.82. The lowest BCUT2D eigenvalue weighted by Crippen LogP contribution is -2.20. The molecule has 1 atom stereocenters. The number of aryl methyl sites for hydroxylation is 1. The molecule has 0 spiro atoms. The van der Waals surface area contributed by atoms with E-state index in [1.54, 1.807) is 0 Å². The van der Waals surface area contributed by atoms with Crippen LogP contribution in [0.25, 0.3) is 0 Å². The molecule has 0 aliphatic heterocycles. The minimum atomic E-state index is -4.76. The Hall–Kier alpha value is -1.10. The van der Waals surface area contributed by atoms with E-state index in [2.05, 4.69) is 0 Å². The molecule has 0 aromatic heterocycles. The Morgan fingerprint density at radius 1 is 1.21 bits per heavy atom. The lowest BCUT2D eigenvalue weighted by Gasteiger charge is -2.15. The van der Waals surface area contributed by atoms with E-state index < -0.39 is 23.7 Å². The van der Waals surface area contributed by atoms with Crippen molar-refractivity contribution in [2.75, 3.05) is 0 Å². The molecule has 0 unspecified atom stereocenters. The smallest absolute Gasteiger partial charge is 0.379 e.